The summed E-state index contributed by atoms with van der Waals surface area (Å²) >= 11 is 0. The summed E-state index contributed by atoms with van der Waals surface area (Å²) in [5.41, 5.74) is 3.96. The van der Waals surface area contributed by atoms with Crippen LogP contribution in [-0.2, 0) is 9.59 Å². The largest absolute Gasteiger partial charge is 0.437 e. The molecule has 0 saturated carbocycles. The van der Waals surface area contributed by atoms with E-state index in [2.05, 4.69) is 10.5 Å². The molecule has 2 aliphatic heterocycles. The molecule has 0 radical (unpaired) electrons. The van der Waals surface area contributed by atoms with Gasteiger partial charge in [-0.05, 0) is 29.8 Å². The molecule has 2 aliphatic rings. The Bertz CT molecular complexity index is 1060. The van der Waals surface area contributed by atoms with Crippen molar-refractivity contribution in [2.75, 3.05) is 26.2 Å². The molecule has 1 fully saturated rings. The molecule has 2 heterocycles. The number of amides is 2. The molecular weight excluding hydrogens is 403 g/mol. The quantitative estimate of drug-likeness (QED) is 0.758. The fourth-order valence-corrected chi connectivity index (χ4v) is 3.64. The van der Waals surface area contributed by atoms with Crippen LogP contribution in [0.1, 0.15) is 34.5 Å². The summed E-state index contributed by atoms with van der Waals surface area (Å²) < 4.78 is 20.3. The molecule has 0 bridgehead atoms. The minimum atomic E-state index is -0.656. The average Bonchev–Trinajstić information content (AvgIpc) is 2.80. The number of fused-ring (bicyclic) bond motifs is 1. The van der Waals surface area contributed by atoms with E-state index in [-0.39, 0.29) is 23.1 Å². The van der Waals surface area contributed by atoms with Crippen LogP contribution >= 0.6 is 0 Å². The number of nitrogens with zero attached hydrogens (tertiary/aromatic N) is 3. The van der Waals surface area contributed by atoms with Gasteiger partial charge in [0.05, 0.1) is 5.56 Å². The number of piperazine rings is 1. The van der Waals surface area contributed by atoms with E-state index in [0.29, 0.717) is 37.3 Å². The predicted molar refractivity (Wildman–Crippen MR) is 110 cm³/mol. The van der Waals surface area contributed by atoms with Crippen molar-refractivity contribution in [3.8, 4) is 5.75 Å². The van der Waals surface area contributed by atoms with E-state index in [1.807, 2.05) is 0 Å². The molecular formula is C22H21FN4O4. The van der Waals surface area contributed by atoms with Crippen LogP contribution in [0.3, 0.4) is 0 Å². The summed E-state index contributed by atoms with van der Waals surface area (Å²) in [6.45, 7) is 2.97. The zero-order valence-electron chi connectivity index (χ0n) is 16.9. The summed E-state index contributed by atoms with van der Waals surface area (Å²) in [4.78, 5) is 38.8. The molecule has 0 spiro atoms. The number of halogens is 1. The van der Waals surface area contributed by atoms with Gasteiger partial charge in [0.1, 0.15) is 23.9 Å². The van der Waals surface area contributed by atoms with Gasteiger partial charge in [-0.3, -0.25) is 15.0 Å². The molecule has 2 amide bonds. The monoisotopic (exact) mass is 424 g/mol. The number of aldehydes is 1. The van der Waals surface area contributed by atoms with Crippen LogP contribution in [-0.4, -0.2) is 60.0 Å². The Morgan fingerprint density at radius 2 is 1.84 bits per heavy atom. The van der Waals surface area contributed by atoms with Crippen LogP contribution in [0.4, 0.5) is 4.39 Å². The zero-order valence-corrected chi connectivity index (χ0v) is 16.9. The normalized spacial score (nSPS) is 17.9. The van der Waals surface area contributed by atoms with E-state index in [1.54, 1.807) is 29.2 Å². The summed E-state index contributed by atoms with van der Waals surface area (Å²) in [5.74, 6) is -0.707. The lowest BCUT2D eigenvalue weighted by atomic mass is 10.0. The second kappa shape index (κ2) is 8.55. The second-order valence-electron chi connectivity index (χ2n) is 7.29. The zero-order chi connectivity index (χ0) is 22.0. The van der Waals surface area contributed by atoms with Gasteiger partial charge < -0.3 is 19.3 Å². The van der Waals surface area contributed by atoms with Gasteiger partial charge in [0, 0.05) is 38.7 Å². The Balaban J connectivity index is 1.54. The molecule has 4 rings (SSSR count). The lowest BCUT2D eigenvalue weighted by Gasteiger charge is -2.34. The smallest absolute Gasteiger partial charge is 0.257 e. The second-order valence-corrected chi connectivity index (χ2v) is 7.29. The number of carbonyl (C=O) groups is 3. The third kappa shape index (κ3) is 4.11. The summed E-state index contributed by atoms with van der Waals surface area (Å²) in [5, 5.41) is 4.12. The first-order valence-electron chi connectivity index (χ1n) is 9.88. The van der Waals surface area contributed by atoms with Crippen LogP contribution in [0.25, 0.3) is 0 Å². The number of ether oxygens (including phenoxy) is 1. The van der Waals surface area contributed by atoms with Crippen molar-refractivity contribution in [2.45, 2.75) is 13.0 Å². The van der Waals surface area contributed by atoms with Crippen molar-refractivity contribution in [3.05, 3.63) is 65.0 Å². The van der Waals surface area contributed by atoms with Gasteiger partial charge in [0.15, 0.2) is 0 Å². The molecule has 31 heavy (non-hydrogen) atoms. The Morgan fingerprint density at radius 1 is 1.13 bits per heavy atom. The topological polar surface area (TPSA) is 91.3 Å². The summed E-state index contributed by atoms with van der Waals surface area (Å²) in [6, 6.07) is 10.5. The van der Waals surface area contributed by atoms with Crippen LogP contribution in [0, 0.1) is 5.82 Å². The standard InChI is InChI=1S/C22H21FN4O4/c1-14(29)26-8-10-27(11-9-26)22(30)18-12-15(6-7-19(18)23)31-21-17-5-3-2-4-16(17)20(13-28)24-25-21/h2-7,12-13,20,24H,8-11H2,1H3. The van der Waals surface area contributed by atoms with Crippen molar-refractivity contribution < 1.29 is 23.5 Å². The third-order valence-corrected chi connectivity index (χ3v) is 5.36. The highest BCUT2D eigenvalue weighted by molar-refractivity contribution is 5.99. The minimum Gasteiger partial charge on any atom is -0.437 e. The molecule has 2 aromatic carbocycles. The number of benzene rings is 2. The van der Waals surface area contributed by atoms with Gasteiger partial charge in [-0.25, -0.2) is 4.39 Å². The minimum absolute atomic E-state index is 0.0485. The van der Waals surface area contributed by atoms with Gasteiger partial charge in [-0.2, -0.15) is 0 Å². The van der Waals surface area contributed by atoms with Crippen molar-refractivity contribution >= 4 is 24.0 Å². The maximum Gasteiger partial charge on any atom is 0.257 e. The van der Waals surface area contributed by atoms with Gasteiger partial charge >= 0.3 is 0 Å². The highest BCUT2D eigenvalue weighted by atomic mass is 19.1. The molecule has 1 N–H and O–H groups in total. The molecule has 8 nitrogen and oxygen atoms in total. The van der Waals surface area contributed by atoms with Crippen molar-refractivity contribution in [3.63, 3.8) is 0 Å². The van der Waals surface area contributed by atoms with Gasteiger partial charge in [-0.15, -0.1) is 5.10 Å². The number of carbonyl (C=O) groups excluding carboxylic acids is 3. The Hall–Kier alpha value is -3.75. The Labute approximate surface area is 178 Å². The van der Waals surface area contributed by atoms with Crippen molar-refractivity contribution in [1.29, 1.82) is 0 Å². The lowest BCUT2D eigenvalue weighted by molar-refractivity contribution is -0.130. The molecule has 1 unspecified atom stereocenters. The number of hydrogen-bond acceptors (Lipinski definition) is 6. The van der Waals surface area contributed by atoms with Crippen LogP contribution in [0.5, 0.6) is 5.75 Å². The van der Waals surface area contributed by atoms with Crippen molar-refractivity contribution in [2.24, 2.45) is 5.10 Å². The fraction of sp³-hybridized carbons (Fsp3) is 0.273. The first-order chi connectivity index (χ1) is 15.0. The highest BCUT2D eigenvalue weighted by Crippen LogP contribution is 2.25. The Kier molecular flexibility index (Phi) is 5.66. The molecule has 1 atom stereocenters. The number of nitrogens with one attached hydrogen (secondary N) is 1. The lowest BCUT2D eigenvalue weighted by Crippen LogP contribution is -2.50. The molecule has 2 aromatic rings. The van der Waals surface area contributed by atoms with Crippen LogP contribution < -0.4 is 10.2 Å². The summed E-state index contributed by atoms with van der Waals surface area (Å²) in [7, 11) is 0. The number of hydrazone groups is 1. The first-order valence-corrected chi connectivity index (χ1v) is 9.88. The van der Waals surface area contributed by atoms with Gasteiger partial charge in [0.25, 0.3) is 5.91 Å². The van der Waals surface area contributed by atoms with Gasteiger partial charge in [0.2, 0.25) is 11.8 Å². The summed E-state index contributed by atoms with van der Waals surface area (Å²) in [6.07, 6.45) is 0.750. The van der Waals surface area contributed by atoms with Crippen LogP contribution in [0.2, 0.25) is 0 Å². The Morgan fingerprint density at radius 3 is 2.55 bits per heavy atom. The van der Waals surface area contributed by atoms with E-state index in [4.69, 9.17) is 4.74 Å². The SMILES string of the molecule is CC(=O)N1CCN(C(=O)c2cc(OC3=NNC(C=O)c4ccccc43)ccc2F)CC1. The van der Waals surface area contributed by atoms with E-state index < -0.39 is 17.8 Å². The molecule has 0 aliphatic carbocycles. The fourth-order valence-electron chi connectivity index (χ4n) is 3.64. The van der Waals surface area contributed by atoms with E-state index >= 15 is 0 Å². The number of hydrogen-bond donors (Lipinski definition) is 1. The van der Waals surface area contributed by atoms with E-state index in [9.17, 15) is 18.8 Å². The third-order valence-electron chi connectivity index (χ3n) is 5.36. The molecule has 0 aromatic heterocycles. The first kappa shape index (κ1) is 20.5. The molecule has 9 heteroatoms. The molecule has 1 saturated heterocycles. The number of rotatable bonds is 3. The average molecular weight is 424 g/mol. The van der Waals surface area contributed by atoms with E-state index in [0.717, 1.165) is 6.29 Å². The van der Waals surface area contributed by atoms with E-state index in [1.165, 1.54) is 30.0 Å². The molecule has 160 valence electrons. The maximum atomic E-state index is 14.4. The highest BCUT2D eigenvalue weighted by Gasteiger charge is 2.27. The van der Waals surface area contributed by atoms with Crippen LogP contribution in [0.15, 0.2) is 47.6 Å². The van der Waals surface area contributed by atoms with Crippen molar-refractivity contribution in [1.82, 2.24) is 15.2 Å². The maximum absolute atomic E-state index is 14.4. The van der Waals surface area contributed by atoms with Gasteiger partial charge in [-0.1, -0.05) is 18.2 Å². The predicted octanol–water partition coefficient (Wildman–Crippen LogP) is 1.71.